The first kappa shape index (κ1) is 12.2. The van der Waals surface area contributed by atoms with Gasteiger partial charge in [0.1, 0.15) is 0 Å². The van der Waals surface area contributed by atoms with Crippen LogP contribution in [0.5, 0.6) is 0 Å². The molecule has 3 nitrogen and oxygen atoms in total. The first-order chi connectivity index (χ1) is 7.11. The van der Waals surface area contributed by atoms with E-state index in [9.17, 15) is 9.90 Å². The van der Waals surface area contributed by atoms with E-state index in [-0.39, 0.29) is 11.8 Å². The molecule has 15 heavy (non-hydrogen) atoms. The van der Waals surface area contributed by atoms with Crippen LogP contribution in [0.3, 0.4) is 0 Å². The fourth-order valence-corrected chi connectivity index (χ4v) is 1.73. The van der Waals surface area contributed by atoms with Gasteiger partial charge < -0.3 is 10.4 Å². The molecule has 0 unspecified atom stereocenters. The topological polar surface area (TPSA) is 49.3 Å². The van der Waals surface area contributed by atoms with E-state index < -0.39 is 5.60 Å². The minimum Gasteiger partial charge on any atom is -0.388 e. The minimum absolute atomic E-state index is 0.0697. The van der Waals surface area contributed by atoms with Crippen molar-refractivity contribution in [3.05, 3.63) is 12.2 Å². The Balaban J connectivity index is 2.32. The predicted molar refractivity (Wildman–Crippen MR) is 60.4 cm³/mol. The highest BCUT2D eigenvalue weighted by molar-refractivity contribution is 5.79. The molecule has 2 N–H and O–H groups in total. The molecule has 3 heteroatoms. The molecule has 0 aromatic rings. The van der Waals surface area contributed by atoms with Crippen molar-refractivity contribution in [2.45, 2.75) is 45.1 Å². The first-order valence-electron chi connectivity index (χ1n) is 5.76. The molecule has 0 aliphatic heterocycles. The van der Waals surface area contributed by atoms with Crippen LogP contribution in [-0.4, -0.2) is 23.2 Å². The Morgan fingerprint density at radius 2 is 1.93 bits per heavy atom. The van der Waals surface area contributed by atoms with Gasteiger partial charge in [-0.15, -0.1) is 0 Å². The molecule has 0 aromatic carbocycles. The number of nitrogens with one attached hydrogen (secondary N) is 1. The summed E-state index contributed by atoms with van der Waals surface area (Å²) in [5.74, 6) is 0.156. The average molecular weight is 211 g/mol. The summed E-state index contributed by atoms with van der Waals surface area (Å²) in [4.78, 5) is 11.7. The zero-order valence-electron chi connectivity index (χ0n) is 9.62. The quantitative estimate of drug-likeness (QED) is 0.679. The number of carbonyl (C=O) groups excluding carboxylic acids is 1. The number of aliphatic hydroxyl groups is 1. The van der Waals surface area contributed by atoms with E-state index in [0.29, 0.717) is 19.4 Å². The van der Waals surface area contributed by atoms with Gasteiger partial charge in [0.25, 0.3) is 0 Å². The Bertz CT molecular complexity index is 236. The second kappa shape index (κ2) is 5.31. The van der Waals surface area contributed by atoms with E-state index in [1.165, 1.54) is 0 Å². The zero-order chi connectivity index (χ0) is 11.3. The second-order valence-electron chi connectivity index (χ2n) is 4.29. The van der Waals surface area contributed by atoms with Crippen LogP contribution in [0.1, 0.15) is 39.5 Å². The lowest BCUT2D eigenvalue weighted by atomic mass is 9.97. The van der Waals surface area contributed by atoms with E-state index >= 15 is 0 Å². The van der Waals surface area contributed by atoms with Gasteiger partial charge in [0.15, 0.2) is 0 Å². The van der Waals surface area contributed by atoms with Gasteiger partial charge in [-0.1, -0.05) is 26.0 Å². The van der Waals surface area contributed by atoms with Crippen LogP contribution in [0.2, 0.25) is 0 Å². The standard InChI is InChI=1S/C12H21NO2/c1-3-12(15,4-2)9-13-11(14)10-7-5-6-8-10/h5-6,10,15H,3-4,7-9H2,1-2H3,(H,13,14). The monoisotopic (exact) mass is 211 g/mol. The normalized spacial score (nSPS) is 17.0. The van der Waals surface area contributed by atoms with Gasteiger partial charge in [0.2, 0.25) is 5.91 Å². The summed E-state index contributed by atoms with van der Waals surface area (Å²) in [6.07, 6.45) is 7.09. The number of hydrogen-bond donors (Lipinski definition) is 2. The largest absolute Gasteiger partial charge is 0.388 e. The summed E-state index contributed by atoms with van der Waals surface area (Å²) in [6.45, 7) is 4.24. The maximum atomic E-state index is 11.7. The second-order valence-corrected chi connectivity index (χ2v) is 4.29. The fraction of sp³-hybridized carbons (Fsp3) is 0.750. The molecule has 0 heterocycles. The van der Waals surface area contributed by atoms with Crippen molar-refractivity contribution in [1.82, 2.24) is 5.32 Å². The zero-order valence-corrected chi connectivity index (χ0v) is 9.62. The summed E-state index contributed by atoms with van der Waals surface area (Å²) >= 11 is 0. The molecule has 1 rings (SSSR count). The third kappa shape index (κ3) is 3.34. The maximum absolute atomic E-state index is 11.7. The Labute approximate surface area is 91.6 Å². The van der Waals surface area contributed by atoms with E-state index in [0.717, 1.165) is 12.8 Å². The van der Waals surface area contributed by atoms with Gasteiger partial charge in [0, 0.05) is 12.5 Å². The number of carbonyl (C=O) groups is 1. The Hall–Kier alpha value is -0.830. The van der Waals surface area contributed by atoms with Crippen LogP contribution >= 0.6 is 0 Å². The van der Waals surface area contributed by atoms with E-state index in [1.807, 2.05) is 26.0 Å². The van der Waals surface area contributed by atoms with Gasteiger partial charge in [-0.25, -0.2) is 0 Å². The van der Waals surface area contributed by atoms with Crippen LogP contribution in [0, 0.1) is 5.92 Å². The molecular weight excluding hydrogens is 190 g/mol. The molecular formula is C12H21NO2. The molecule has 1 aliphatic carbocycles. The maximum Gasteiger partial charge on any atom is 0.223 e. The van der Waals surface area contributed by atoms with E-state index in [1.54, 1.807) is 0 Å². The average Bonchev–Trinajstić information content (AvgIpc) is 2.79. The number of hydrogen-bond acceptors (Lipinski definition) is 2. The summed E-state index contributed by atoms with van der Waals surface area (Å²) in [5.41, 5.74) is -0.734. The molecule has 0 bridgehead atoms. The van der Waals surface area contributed by atoms with Crippen molar-refractivity contribution in [3.8, 4) is 0 Å². The predicted octanol–water partition coefficient (Wildman–Crippen LogP) is 1.62. The van der Waals surface area contributed by atoms with Crippen LogP contribution in [-0.2, 0) is 4.79 Å². The lowest BCUT2D eigenvalue weighted by Crippen LogP contribution is -2.43. The molecule has 0 saturated heterocycles. The van der Waals surface area contributed by atoms with Crippen LogP contribution in [0.25, 0.3) is 0 Å². The van der Waals surface area contributed by atoms with E-state index in [2.05, 4.69) is 5.32 Å². The van der Waals surface area contributed by atoms with Gasteiger partial charge in [-0.05, 0) is 25.7 Å². The third-order valence-corrected chi connectivity index (χ3v) is 3.29. The van der Waals surface area contributed by atoms with Crippen molar-refractivity contribution in [1.29, 1.82) is 0 Å². The third-order valence-electron chi connectivity index (χ3n) is 3.29. The number of allylic oxidation sites excluding steroid dienone is 2. The lowest BCUT2D eigenvalue weighted by molar-refractivity contribution is -0.126. The van der Waals surface area contributed by atoms with Gasteiger partial charge >= 0.3 is 0 Å². The highest BCUT2D eigenvalue weighted by Gasteiger charge is 2.25. The molecule has 0 saturated carbocycles. The molecule has 0 spiro atoms. The summed E-state index contributed by atoms with van der Waals surface area (Å²) < 4.78 is 0. The van der Waals surface area contributed by atoms with Gasteiger partial charge in [0.05, 0.1) is 5.60 Å². The van der Waals surface area contributed by atoms with Crippen molar-refractivity contribution in [2.75, 3.05) is 6.54 Å². The van der Waals surface area contributed by atoms with Crippen LogP contribution < -0.4 is 5.32 Å². The van der Waals surface area contributed by atoms with Gasteiger partial charge in [-0.2, -0.15) is 0 Å². The highest BCUT2D eigenvalue weighted by atomic mass is 16.3. The van der Waals surface area contributed by atoms with E-state index in [4.69, 9.17) is 0 Å². The van der Waals surface area contributed by atoms with Crippen LogP contribution in [0.4, 0.5) is 0 Å². The van der Waals surface area contributed by atoms with Gasteiger partial charge in [-0.3, -0.25) is 4.79 Å². The molecule has 0 radical (unpaired) electrons. The van der Waals surface area contributed by atoms with Crippen molar-refractivity contribution < 1.29 is 9.90 Å². The minimum atomic E-state index is -0.734. The Morgan fingerprint density at radius 3 is 2.40 bits per heavy atom. The molecule has 86 valence electrons. The van der Waals surface area contributed by atoms with Crippen molar-refractivity contribution >= 4 is 5.91 Å². The fourth-order valence-electron chi connectivity index (χ4n) is 1.73. The molecule has 0 atom stereocenters. The summed E-state index contributed by atoms with van der Waals surface area (Å²) in [5, 5.41) is 12.8. The molecule has 0 fully saturated rings. The Kier molecular flexibility index (Phi) is 4.33. The molecule has 1 aliphatic rings. The SMILES string of the molecule is CCC(O)(CC)CNC(=O)C1CC=CC1. The van der Waals surface area contributed by atoms with Crippen LogP contribution in [0.15, 0.2) is 12.2 Å². The smallest absolute Gasteiger partial charge is 0.223 e. The summed E-state index contributed by atoms with van der Waals surface area (Å²) in [6, 6.07) is 0. The summed E-state index contributed by atoms with van der Waals surface area (Å²) in [7, 11) is 0. The van der Waals surface area contributed by atoms with Crippen molar-refractivity contribution in [3.63, 3.8) is 0 Å². The molecule has 0 aromatic heterocycles. The molecule has 1 amide bonds. The van der Waals surface area contributed by atoms with Crippen molar-refractivity contribution in [2.24, 2.45) is 5.92 Å². The number of amides is 1. The Morgan fingerprint density at radius 1 is 1.40 bits per heavy atom. The lowest BCUT2D eigenvalue weighted by Gasteiger charge is -2.26. The first-order valence-corrected chi connectivity index (χ1v) is 5.76. The highest BCUT2D eigenvalue weighted by Crippen LogP contribution is 2.18. The number of rotatable bonds is 5.